The summed E-state index contributed by atoms with van der Waals surface area (Å²) in [5.41, 5.74) is 1.48. The Morgan fingerprint density at radius 2 is 2.04 bits per heavy atom. The van der Waals surface area contributed by atoms with Crippen LogP contribution in [-0.4, -0.2) is 45.9 Å². The highest BCUT2D eigenvalue weighted by molar-refractivity contribution is 6.31. The third-order valence-electron chi connectivity index (χ3n) is 4.34. The number of halogens is 1. The highest BCUT2D eigenvalue weighted by atomic mass is 35.5. The van der Waals surface area contributed by atoms with Gasteiger partial charge >= 0.3 is 11.8 Å². The Kier molecular flexibility index (Phi) is 5.76. The van der Waals surface area contributed by atoms with Crippen LogP contribution in [0.25, 0.3) is 11.1 Å². The fourth-order valence-corrected chi connectivity index (χ4v) is 3.30. The maximum absolute atomic E-state index is 12.7. The summed E-state index contributed by atoms with van der Waals surface area (Å²) in [5, 5.41) is 0.524. The van der Waals surface area contributed by atoms with E-state index in [0.29, 0.717) is 24.8 Å². The van der Waals surface area contributed by atoms with Crippen LogP contribution in [0.3, 0.4) is 0 Å². The summed E-state index contributed by atoms with van der Waals surface area (Å²) in [6, 6.07) is 5.23. The monoisotopic (exact) mass is 405 g/mol. The first-order valence-corrected chi connectivity index (χ1v) is 9.43. The molecule has 1 fully saturated rings. The van der Waals surface area contributed by atoms with Crippen molar-refractivity contribution in [3.8, 4) is 11.1 Å². The SMILES string of the molecule is Cn1cc(-c2cc(Cl)cc([C@@H]3COCCN3C(=O)OC(C)(C)C)c2)cnc1=O. The normalized spacial score (nSPS) is 17.5. The van der Waals surface area contributed by atoms with E-state index in [2.05, 4.69) is 4.98 Å². The zero-order valence-corrected chi connectivity index (χ0v) is 17.2. The number of amides is 1. The van der Waals surface area contributed by atoms with Gasteiger partial charge in [-0.05, 0) is 50.1 Å². The van der Waals surface area contributed by atoms with Crippen LogP contribution in [0.15, 0.2) is 35.4 Å². The molecule has 0 radical (unpaired) electrons. The Bertz CT molecular complexity index is 936. The van der Waals surface area contributed by atoms with Crippen molar-refractivity contribution in [2.24, 2.45) is 7.05 Å². The molecule has 28 heavy (non-hydrogen) atoms. The van der Waals surface area contributed by atoms with Gasteiger partial charge in [-0.25, -0.2) is 14.6 Å². The van der Waals surface area contributed by atoms with E-state index in [-0.39, 0.29) is 17.8 Å². The molecular weight excluding hydrogens is 382 g/mol. The first-order chi connectivity index (χ1) is 13.1. The van der Waals surface area contributed by atoms with Crippen LogP contribution in [0.4, 0.5) is 4.79 Å². The van der Waals surface area contributed by atoms with Gasteiger partial charge in [0, 0.05) is 36.6 Å². The van der Waals surface area contributed by atoms with Crippen molar-refractivity contribution in [2.45, 2.75) is 32.4 Å². The van der Waals surface area contributed by atoms with Crippen molar-refractivity contribution >= 4 is 17.7 Å². The van der Waals surface area contributed by atoms with Crippen molar-refractivity contribution in [3.05, 3.63) is 51.7 Å². The molecule has 0 bridgehead atoms. The zero-order chi connectivity index (χ0) is 20.5. The molecule has 150 valence electrons. The molecule has 0 spiro atoms. The summed E-state index contributed by atoms with van der Waals surface area (Å²) in [6.45, 7) is 6.75. The van der Waals surface area contributed by atoms with Crippen LogP contribution in [-0.2, 0) is 16.5 Å². The molecule has 1 aliphatic heterocycles. The minimum Gasteiger partial charge on any atom is -0.444 e. The molecule has 2 heterocycles. The number of morpholine rings is 1. The molecule has 1 saturated heterocycles. The predicted octanol–water partition coefficient (Wildman–Crippen LogP) is 3.41. The van der Waals surface area contributed by atoms with E-state index in [4.69, 9.17) is 21.1 Å². The molecule has 8 heteroatoms. The molecule has 0 unspecified atom stereocenters. The largest absolute Gasteiger partial charge is 0.444 e. The molecule has 0 N–H and O–H groups in total. The molecule has 1 amide bonds. The summed E-state index contributed by atoms with van der Waals surface area (Å²) in [5.74, 6) is 0. The lowest BCUT2D eigenvalue weighted by Crippen LogP contribution is -2.45. The van der Waals surface area contributed by atoms with Gasteiger partial charge in [-0.15, -0.1) is 0 Å². The average Bonchev–Trinajstić information content (AvgIpc) is 2.62. The van der Waals surface area contributed by atoms with Gasteiger partial charge in [0.15, 0.2) is 0 Å². The van der Waals surface area contributed by atoms with Gasteiger partial charge in [-0.2, -0.15) is 0 Å². The number of aromatic nitrogens is 2. The van der Waals surface area contributed by atoms with Crippen molar-refractivity contribution in [3.63, 3.8) is 0 Å². The maximum Gasteiger partial charge on any atom is 0.410 e. The van der Waals surface area contributed by atoms with E-state index in [1.54, 1.807) is 24.2 Å². The van der Waals surface area contributed by atoms with Gasteiger partial charge in [0.2, 0.25) is 0 Å². The molecule has 0 aliphatic carbocycles. The summed E-state index contributed by atoms with van der Waals surface area (Å²) in [7, 11) is 1.64. The van der Waals surface area contributed by atoms with Gasteiger partial charge in [0.05, 0.1) is 19.3 Å². The van der Waals surface area contributed by atoms with Crippen molar-refractivity contribution < 1.29 is 14.3 Å². The maximum atomic E-state index is 12.7. The second kappa shape index (κ2) is 7.93. The lowest BCUT2D eigenvalue weighted by atomic mass is 10.00. The van der Waals surface area contributed by atoms with Crippen LogP contribution in [0.2, 0.25) is 5.02 Å². The van der Waals surface area contributed by atoms with Crippen molar-refractivity contribution in [1.82, 2.24) is 14.5 Å². The van der Waals surface area contributed by atoms with E-state index in [1.165, 1.54) is 10.8 Å². The smallest absolute Gasteiger partial charge is 0.410 e. The summed E-state index contributed by atoms with van der Waals surface area (Å²) >= 11 is 6.36. The number of rotatable bonds is 2. The van der Waals surface area contributed by atoms with Gasteiger partial charge in [-0.1, -0.05) is 11.6 Å². The molecule has 0 saturated carbocycles. The highest BCUT2D eigenvalue weighted by Gasteiger charge is 2.32. The van der Waals surface area contributed by atoms with Crippen molar-refractivity contribution in [1.29, 1.82) is 0 Å². The minimum atomic E-state index is -0.583. The molecular formula is C20H24ClN3O4. The Morgan fingerprint density at radius 3 is 2.71 bits per heavy atom. The fourth-order valence-electron chi connectivity index (χ4n) is 3.05. The highest BCUT2D eigenvalue weighted by Crippen LogP contribution is 2.32. The number of hydrogen-bond donors (Lipinski definition) is 0. The molecule has 1 aromatic carbocycles. The van der Waals surface area contributed by atoms with E-state index < -0.39 is 5.60 Å². The zero-order valence-electron chi connectivity index (χ0n) is 16.4. The van der Waals surface area contributed by atoms with Crippen molar-refractivity contribution in [2.75, 3.05) is 19.8 Å². The molecule has 3 rings (SSSR count). The van der Waals surface area contributed by atoms with E-state index >= 15 is 0 Å². The Labute approximate surface area is 168 Å². The van der Waals surface area contributed by atoms with Crippen LogP contribution in [0.5, 0.6) is 0 Å². The Hall–Kier alpha value is -2.38. The lowest BCUT2D eigenvalue weighted by molar-refractivity contribution is -0.0331. The molecule has 1 aliphatic rings. The van der Waals surface area contributed by atoms with Gasteiger partial charge in [0.25, 0.3) is 0 Å². The van der Waals surface area contributed by atoms with E-state index in [0.717, 1.165) is 16.7 Å². The van der Waals surface area contributed by atoms with Gasteiger partial charge in [-0.3, -0.25) is 4.90 Å². The molecule has 7 nitrogen and oxygen atoms in total. The minimum absolute atomic E-state index is 0.318. The number of benzene rings is 1. The predicted molar refractivity (Wildman–Crippen MR) is 106 cm³/mol. The second-order valence-electron chi connectivity index (χ2n) is 7.77. The molecule has 1 aromatic heterocycles. The number of carbonyl (C=O) groups excluding carboxylic acids is 1. The molecule has 1 atom stereocenters. The number of hydrogen-bond acceptors (Lipinski definition) is 5. The lowest BCUT2D eigenvalue weighted by Gasteiger charge is -2.37. The number of ether oxygens (including phenoxy) is 2. The number of nitrogens with zero attached hydrogens (tertiary/aromatic N) is 3. The van der Waals surface area contributed by atoms with Crippen LogP contribution in [0, 0.1) is 0 Å². The number of carbonyl (C=O) groups is 1. The Morgan fingerprint density at radius 1 is 1.29 bits per heavy atom. The first-order valence-electron chi connectivity index (χ1n) is 9.05. The summed E-state index contributed by atoms with van der Waals surface area (Å²) < 4.78 is 12.6. The van der Waals surface area contributed by atoms with Crippen LogP contribution in [0.1, 0.15) is 32.4 Å². The van der Waals surface area contributed by atoms with Gasteiger partial charge in [0.1, 0.15) is 5.60 Å². The summed E-state index contributed by atoms with van der Waals surface area (Å²) in [6.07, 6.45) is 2.83. The topological polar surface area (TPSA) is 73.7 Å². The third kappa shape index (κ3) is 4.72. The summed E-state index contributed by atoms with van der Waals surface area (Å²) in [4.78, 5) is 29.8. The molecule has 2 aromatic rings. The Balaban J connectivity index is 1.96. The van der Waals surface area contributed by atoms with E-state index in [1.807, 2.05) is 32.9 Å². The third-order valence-corrected chi connectivity index (χ3v) is 4.56. The fraction of sp³-hybridized carbons (Fsp3) is 0.450. The second-order valence-corrected chi connectivity index (χ2v) is 8.21. The van der Waals surface area contributed by atoms with Crippen LogP contribution >= 0.6 is 11.6 Å². The number of aryl methyl sites for hydroxylation is 1. The van der Waals surface area contributed by atoms with Crippen LogP contribution < -0.4 is 5.69 Å². The average molecular weight is 406 g/mol. The quantitative estimate of drug-likeness (QED) is 0.765. The van der Waals surface area contributed by atoms with Gasteiger partial charge < -0.3 is 14.0 Å². The first kappa shape index (κ1) is 20.4. The van der Waals surface area contributed by atoms with E-state index in [9.17, 15) is 9.59 Å². The standard InChI is InChI=1S/C20H24ClN3O4/c1-20(2,3)28-19(26)24-5-6-27-12-17(24)14-7-13(8-16(21)9-14)15-10-22-18(25)23(4)11-15/h7-11,17H,5-6,12H2,1-4H3/t17-/m0/s1.